The summed E-state index contributed by atoms with van der Waals surface area (Å²) in [6.45, 7) is 1.91. The van der Waals surface area contributed by atoms with Gasteiger partial charge in [-0.2, -0.15) is 0 Å². The smallest absolute Gasteiger partial charge is 0.330 e. The Morgan fingerprint density at radius 1 is 0.935 bits per heavy atom. The summed E-state index contributed by atoms with van der Waals surface area (Å²) < 4.78 is 5.86. The van der Waals surface area contributed by atoms with Gasteiger partial charge in [0.15, 0.2) is 11.5 Å². The van der Waals surface area contributed by atoms with Gasteiger partial charge in [-0.05, 0) is 36.8 Å². The van der Waals surface area contributed by atoms with E-state index in [2.05, 4.69) is 5.32 Å². The number of nitrogens with one attached hydrogen (secondary N) is 1. The molecule has 1 heterocycles. The highest BCUT2D eigenvalue weighted by molar-refractivity contribution is 5.97. The lowest BCUT2D eigenvalue weighted by Crippen LogP contribution is -2.33. The molecule has 6 heteroatoms. The van der Waals surface area contributed by atoms with Crippen LogP contribution in [-0.2, 0) is 4.79 Å². The largest absolute Gasteiger partial charge is 0.479 e. The summed E-state index contributed by atoms with van der Waals surface area (Å²) in [6.07, 6.45) is 0. The van der Waals surface area contributed by atoms with Gasteiger partial charge in [-0.15, -0.1) is 0 Å². The summed E-state index contributed by atoms with van der Waals surface area (Å²) >= 11 is 0. The van der Waals surface area contributed by atoms with Crippen LogP contribution in [0, 0.1) is 6.92 Å². The summed E-state index contributed by atoms with van der Waals surface area (Å²) in [6, 6.07) is 20.6. The van der Waals surface area contributed by atoms with E-state index >= 15 is 0 Å². The van der Waals surface area contributed by atoms with Crippen molar-refractivity contribution in [3.8, 4) is 11.3 Å². The third kappa shape index (κ3) is 4.23. The quantitative estimate of drug-likeness (QED) is 0.508. The Morgan fingerprint density at radius 2 is 1.65 bits per heavy atom. The van der Waals surface area contributed by atoms with Gasteiger partial charge in [-0.3, -0.25) is 9.59 Å². The molecule has 2 N–H and O–H groups in total. The summed E-state index contributed by atoms with van der Waals surface area (Å²) in [5.41, 5.74) is 2.72. The lowest BCUT2D eigenvalue weighted by molar-refractivity contribution is -0.139. The molecule has 0 aliphatic rings. The minimum absolute atomic E-state index is 0.145. The van der Waals surface area contributed by atoms with Crippen LogP contribution in [0.3, 0.4) is 0 Å². The van der Waals surface area contributed by atoms with E-state index in [4.69, 9.17) is 4.42 Å². The predicted octanol–water partition coefficient (Wildman–Crippen LogP) is 4.32. The summed E-state index contributed by atoms with van der Waals surface area (Å²) in [4.78, 5) is 36.6. The highest BCUT2D eigenvalue weighted by atomic mass is 16.4. The molecule has 0 radical (unpaired) electrons. The second-order valence-corrected chi connectivity index (χ2v) is 7.21. The van der Waals surface area contributed by atoms with Gasteiger partial charge in [0, 0.05) is 17.2 Å². The number of hydrogen-bond acceptors (Lipinski definition) is 4. The van der Waals surface area contributed by atoms with Gasteiger partial charge < -0.3 is 14.8 Å². The van der Waals surface area contributed by atoms with Crippen molar-refractivity contribution >= 4 is 22.8 Å². The maximum atomic E-state index is 12.6. The number of amides is 1. The van der Waals surface area contributed by atoms with Gasteiger partial charge in [-0.25, -0.2) is 4.79 Å². The number of aryl methyl sites for hydroxylation is 1. The third-order valence-electron chi connectivity index (χ3n) is 4.97. The van der Waals surface area contributed by atoms with E-state index in [9.17, 15) is 19.5 Å². The van der Waals surface area contributed by atoms with E-state index in [0.717, 1.165) is 5.56 Å². The third-order valence-corrected chi connectivity index (χ3v) is 4.97. The van der Waals surface area contributed by atoms with Crippen molar-refractivity contribution in [3.05, 3.63) is 106 Å². The number of fused-ring (bicyclic) bond motifs is 1. The van der Waals surface area contributed by atoms with Gasteiger partial charge in [-0.1, -0.05) is 54.1 Å². The zero-order valence-corrected chi connectivity index (χ0v) is 16.7. The van der Waals surface area contributed by atoms with Gasteiger partial charge in [0.1, 0.15) is 11.3 Å². The number of benzene rings is 3. The van der Waals surface area contributed by atoms with Crippen molar-refractivity contribution in [1.29, 1.82) is 0 Å². The van der Waals surface area contributed by atoms with E-state index < -0.39 is 17.9 Å². The second kappa shape index (κ2) is 8.28. The van der Waals surface area contributed by atoms with Crippen LogP contribution in [0.2, 0.25) is 0 Å². The molecular formula is C25H19NO5. The van der Waals surface area contributed by atoms with E-state index in [1.807, 2.05) is 13.0 Å². The van der Waals surface area contributed by atoms with Crippen molar-refractivity contribution in [2.45, 2.75) is 13.0 Å². The maximum Gasteiger partial charge on any atom is 0.330 e. The first-order chi connectivity index (χ1) is 14.9. The molecule has 0 bridgehead atoms. The minimum Gasteiger partial charge on any atom is -0.479 e. The average molecular weight is 413 g/mol. The van der Waals surface area contributed by atoms with E-state index in [1.54, 1.807) is 66.7 Å². The number of rotatable bonds is 5. The van der Waals surface area contributed by atoms with Crippen LogP contribution >= 0.6 is 0 Å². The van der Waals surface area contributed by atoms with Crippen molar-refractivity contribution in [1.82, 2.24) is 5.32 Å². The summed E-state index contributed by atoms with van der Waals surface area (Å²) in [7, 11) is 0. The van der Waals surface area contributed by atoms with Gasteiger partial charge in [0.25, 0.3) is 5.91 Å². The van der Waals surface area contributed by atoms with Crippen LogP contribution in [0.25, 0.3) is 22.3 Å². The molecule has 0 spiro atoms. The molecule has 6 nitrogen and oxygen atoms in total. The molecule has 31 heavy (non-hydrogen) atoms. The standard InChI is InChI=1S/C25H19NO5/c1-15-7-12-21-19(13-15)20(27)14-22(31-21)16-8-10-18(11-9-16)24(28)26-23(25(29)30)17-5-3-2-4-6-17/h2-14,23H,1H3,(H,26,28)(H,29,30). The van der Waals surface area contributed by atoms with Crippen LogP contribution < -0.4 is 10.7 Å². The molecule has 0 saturated heterocycles. The monoisotopic (exact) mass is 413 g/mol. The molecule has 1 unspecified atom stereocenters. The van der Waals surface area contributed by atoms with Gasteiger partial charge >= 0.3 is 5.97 Å². The number of carbonyl (C=O) groups is 2. The molecule has 4 aromatic rings. The van der Waals surface area contributed by atoms with E-state index in [-0.39, 0.29) is 5.43 Å². The van der Waals surface area contributed by atoms with Crippen molar-refractivity contribution in [2.75, 3.05) is 0 Å². The Balaban J connectivity index is 1.59. The van der Waals surface area contributed by atoms with Crippen LogP contribution in [0.4, 0.5) is 0 Å². The van der Waals surface area contributed by atoms with Gasteiger partial charge in [0.2, 0.25) is 0 Å². The highest BCUT2D eigenvalue weighted by Crippen LogP contribution is 2.23. The molecule has 1 amide bonds. The Hall–Kier alpha value is -4.19. The van der Waals surface area contributed by atoms with Crippen LogP contribution in [0.15, 0.2) is 88.1 Å². The van der Waals surface area contributed by atoms with Crippen molar-refractivity contribution in [3.63, 3.8) is 0 Å². The molecule has 0 aliphatic heterocycles. The SMILES string of the molecule is Cc1ccc2oc(-c3ccc(C(=O)NC(C(=O)O)c4ccccc4)cc3)cc(=O)c2c1. The Labute approximate surface area is 177 Å². The number of carbonyl (C=O) groups excluding carboxylic acids is 1. The molecule has 4 rings (SSSR count). The minimum atomic E-state index is -1.16. The van der Waals surface area contributed by atoms with Crippen LogP contribution in [0.5, 0.6) is 0 Å². The first-order valence-corrected chi connectivity index (χ1v) is 9.66. The Bertz CT molecular complexity index is 1320. The van der Waals surface area contributed by atoms with Crippen LogP contribution in [0.1, 0.15) is 27.5 Å². The average Bonchev–Trinajstić information content (AvgIpc) is 2.78. The predicted molar refractivity (Wildman–Crippen MR) is 117 cm³/mol. The number of hydrogen-bond donors (Lipinski definition) is 2. The molecular weight excluding hydrogens is 394 g/mol. The Morgan fingerprint density at radius 3 is 2.32 bits per heavy atom. The molecule has 1 aromatic heterocycles. The maximum absolute atomic E-state index is 12.6. The summed E-state index contributed by atoms with van der Waals surface area (Å²) in [5.74, 6) is -1.27. The Kier molecular flexibility index (Phi) is 5.37. The fourth-order valence-electron chi connectivity index (χ4n) is 3.35. The van der Waals surface area contributed by atoms with Crippen molar-refractivity contribution < 1.29 is 19.1 Å². The normalized spacial score (nSPS) is 11.8. The number of carboxylic acid groups (broad SMARTS) is 1. The number of carboxylic acids is 1. The molecule has 0 fully saturated rings. The van der Waals surface area contributed by atoms with Crippen molar-refractivity contribution in [2.24, 2.45) is 0 Å². The topological polar surface area (TPSA) is 96.6 Å². The first-order valence-electron chi connectivity index (χ1n) is 9.66. The fourth-order valence-corrected chi connectivity index (χ4v) is 3.35. The zero-order chi connectivity index (χ0) is 22.0. The lowest BCUT2D eigenvalue weighted by atomic mass is 10.1. The van der Waals surface area contributed by atoms with E-state index in [1.165, 1.54) is 6.07 Å². The molecule has 0 saturated carbocycles. The number of aliphatic carboxylic acids is 1. The highest BCUT2D eigenvalue weighted by Gasteiger charge is 2.22. The van der Waals surface area contributed by atoms with E-state index in [0.29, 0.717) is 33.4 Å². The second-order valence-electron chi connectivity index (χ2n) is 7.21. The first kappa shape index (κ1) is 20.1. The zero-order valence-electron chi connectivity index (χ0n) is 16.7. The summed E-state index contributed by atoms with van der Waals surface area (Å²) in [5, 5.41) is 12.5. The molecule has 3 aromatic carbocycles. The molecule has 1 atom stereocenters. The molecule has 0 aliphatic carbocycles. The lowest BCUT2D eigenvalue weighted by Gasteiger charge is -2.15. The van der Waals surface area contributed by atoms with Crippen LogP contribution in [-0.4, -0.2) is 17.0 Å². The molecule has 154 valence electrons. The fraction of sp³-hybridized carbons (Fsp3) is 0.0800. The van der Waals surface area contributed by atoms with Gasteiger partial charge in [0.05, 0.1) is 5.39 Å².